The molecule has 0 aliphatic heterocycles. The quantitative estimate of drug-likeness (QED) is 0.755. The number of hydrogen-bond donors (Lipinski definition) is 2. The monoisotopic (exact) mass is 358 g/mol. The first-order chi connectivity index (χ1) is 12.5. The van der Waals surface area contributed by atoms with Crippen LogP contribution in [0.5, 0.6) is 0 Å². The van der Waals surface area contributed by atoms with Crippen LogP contribution in [0.25, 0.3) is 0 Å². The zero-order valence-corrected chi connectivity index (χ0v) is 15.5. The largest absolute Gasteiger partial charge is 0.446 e. The second-order valence-corrected chi connectivity index (χ2v) is 6.05. The number of nitrogens with one attached hydrogen (secondary N) is 2. The predicted molar refractivity (Wildman–Crippen MR) is 100 cm³/mol. The third-order valence-electron chi connectivity index (χ3n) is 3.81. The van der Waals surface area contributed by atoms with Crippen LogP contribution in [-0.4, -0.2) is 34.9 Å². The van der Waals surface area contributed by atoms with E-state index in [9.17, 15) is 9.59 Å². The molecule has 2 aromatic rings. The Morgan fingerprint density at radius 2 is 1.96 bits per heavy atom. The molecule has 3 amide bonds. The summed E-state index contributed by atoms with van der Waals surface area (Å²) < 4.78 is 5.37. The molecule has 26 heavy (non-hydrogen) atoms. The Morgan fingerprint density at radius 1 is 1.19 bits per heavy atom. The Hall–Kier alpha value is -2.83. The number of aromatic nitrogens is 1. The maximum atomic E-state index is 12.6. The van der Waals surface area contributed by atoms with E-state index in [0.29, 0.717) is 19.0 Å². The summed E-state index contributed by atoms with van der Waals surface area (Å²) in [5.74, 6) is 0.0632. The van der Waals surface area contributed by atoms with Gasteiger partial charge in [-0.05, 0) is 31.4 Å². The van der Waals surface area contributed by atoms with Crippen molar-refractivity contribution in [2.75, 3.05) is 18.4 Å². The fourth-order valence-electron chi connectivity index (χ4n) is 2.41. The molecule has 2 rings (SSSR count). The lowest BCUT2D eigenvalue weighted by atomic mass is 10.2. The van der Waals surface area contributed by atoms with Crippen LogP contribution in [0, 0.1) is 6.92 Å². The molecule has 0 saturated heterocycles. The second-order valence-electron chi connectivity index (χ2n) is 6.05. The van der Waals surface area contributed by atoms with E-state index in [1.807, 2.05) is 45.0 Å². The predicted octanol–water partition coefficient (Wildman–Crippen LogP) is 3.57. The minimum absolute atomic E-state index is 0.201. The van der Waals surface area contributed by atoms with Gasteiger partial charge in [-0.3, -0.25) is 4.79 Å². The third kappa shape index (κ3) is 5.34. The van der Waals surface area contributed by atoms with Crippen molar-refractivity contribution < 1.29 is 14.0 Å². The first-order valence-corrected chi connectivity index (χ1v) is 8.89. The summed E-state index contributed by atoms with van der Waals surface area (Å²) in [5.41, 5.74) is 1.98. The van der Waals surface area contributed by atoms with Crippen LogP contribution in [0.3, 0.4) is 0 Å². The minimum Gasteiger partial charge on any atom is -0.446 e. The van der Waals surface area contributed by atoms with Gasteiger partial charge in [0.1, 0.15) is 6.26 Å². The number of rotatable bonds is 8. The van der Waals surface area contributed by atoms with Gasteiger partial charge in [0.05, 0.1) is 6.54 Å². The third-order valence-corrected chi connectivity index (χ3v) is 3.81. The molecule has 0 bridgehead atoms. The van der Waals surface area contributed by atoms with Gasteiger partial charge in [0.15, 0.2) is 5.69 Å². The number of carbonyl (C=O) groups is 2. The summed E-state index contributed by atoms with van der Waals surface area (Å²) >= 11 is 0. The van der Waals surface area contributed by atoms with Gasteiger partial charge in [-0.15, -0.1) is 0 Å². The molecule has 0 aliphatic rings. The molecule has 140 valence electrons. The SMILES string of the molecule is CCCNC(=O)c1coc(CN(CCC)C(=O)Nc2ccccc2C)n1. The van der Waals surface area contributed by atoms with E-state index >= 15 is 0 Å². The highest BCUT2D eigenvalue weighted by Crippen LogP contribution is 2.15. The van der Waals surface area contributed by atoms with Crippen molar-refractivity contribution in [2.24, 2.45) is 0 Å². The number of amides is 3. The molecular formula is C19H26N4O3. The normalized spacial score (nSPS) is 10.4. The number of anilines is 1. The average molecular weight is 358 g/mol. The zero-order chi connectivity index (χ0) is 18.9. The zero-order valence-electron chi connectivity index (χ0n) is 15.5. The van der Waals surface area contributed by atoms with Gasteiger partial charge >= 0.3 is 6.03 Å². The first kappa shape index (κ1) is 19.5. The molecule has 1 heterocycles. The Morgan fingerprint density at radius 3 is 2.65 bits per heavy atom. The molecule has 0 aliphatic carbocycles. The van der Waals surface area contributed by atoms with E-state index in [0.717, 1.165) is 24.1 Å². The number of carbonyl (C=O) groups excluding carboxylic acids is 2. The molecule has 7 nitrogen and oxygen atoms in total. The lowest BCUT2D eigenvalue weighted by Crippen LogP contribution is -2.35. The number of benzene rings is 1. The van der Waals surface area contributed by atoms with Crippen molar-refractivity contribution in [3.05, 3.63) is 47.7 Å². The van der Waals surface area contributed by atoms with E-state index in [1.165, 1.54) is 6.26 Å². The van der Waals surface area contributed by atoms with Crippen LogP contribution >= 0.6 is 0 Å². The number of aryl methyl sites for hydroxylation is 1. The van der Waals surface area contributed by atoms with E-state index < -0.39 is 0 Å². The molecule has 0 radical (unpaired) electrons. The Balaban J connectivity index is 2.03. The highest BCUT2D eigenvalue weighted by molar-refractivity contribution is 5.92. The van der Waals surface area contributed by atoms with Gasteiger partial charge in [-0.25, -0.2) is 9.78 Å². The minimum atomic E-state index is -0.270. The van der Waals surface area contributed by atoms with Gasteiger partial charge in [0.25, 0.3) is 5.91 Å². The summed E-state index contributed by atoms with van der Waals surface area (Å²) in [5, 5.41) is 5.66. The summed E-state index contributed by atoms with van der Waals surface area (Å²) in [7, 11) is 0. The van der Waals surface area contributed by atoms with Crippen molar-refractivity contribution >= 4 is 17.6 Å². The standard InChI is InChI=1S/C19H26N4O3/c1-4-10-20-18(24)16-13-26-17(21-16)12-23(11-5-2)19(25)22-15-9-7-6-8-14(15)3/h6-9,13H,4-5,10-12H2,1-3H3,(H,20,24)(H,22,25). The molecule has 2 N–H and O–H groups in total. The highest BCUT2D eigenvalue weighted by Gasteiger charge is 2.18. The molecule has 0 atom stereocenters. The molecule has 1 aromatic heterocycles. The van der Waals surface area contributed by atoms with Crippen LogP contribution in [0.4, 0.5) is 10.5 Å². The van der Waals surface area contributed by atoms with Crippen LogP contribution in [0.1, 0.15) is 48.6 Å². The second kappa shape index (κ2) is 9.60. The Labute approximate surface area is 153 Å². The Bertz CT molecular complexity index is 742. The van der Waals surface area contributed by atoms with Crippen molar-refractivity contribution in [3.8, 4) is 0 Å². The van der Waals surface area contributed by atoms with E-state index in [-0.39, 0.29) is 24.2 Å². The van der Waals surface area contributed by atoms with Gasteiger partial charge in [-0.2, -0.15) is 0 Å². The van der Waals surface area contributed by atoms with Crippen molar-refractivity contribution in [2.45, 2.75) is 40.2 Å². The summed E-state index contributed by atoms with van der Waals surface area (Å²) in [6, 6.07) is 7.37. The average Bonchev–Trinajstić information content (AvgIpc) is 3.10. The van der Waals surface area contributed by atoms with Gasteiger partial charge in [0, 0.05) is 18.8 Å². The lowest BCUT2D eigenvalue weighted by molar-refractivity contribution is 0.0948. The van der Waals surface area contributed by atoms with Crippen molar-refractivity contribution in [1.29, 1.82) is 0 Å². The first-order valence-electron chi connectivity index (χ1n) is 8.89. The van der Waals surface area contributed by atoms with E-state index in [4.69, 9.17) is 4.42 Å². The van der Waals surface area contributed by atoms with E-state index in [1.54, 1.807) is 4.90 Å². The Kier molecular flexibility index (Phi) is 7.20. The maximum absolute atomic E-state index is 12.6. The summed E-state index contributed by atoms with van der Waals surface area (Å²) in [6.07, 6.45) is 2.97. The van der Waals surface area contributed by atoms with Crippen LogP contribution in [-0.2, 0) is 6.54 Å². The lowest BCUT2D eigenvalue weighted by Gasteiger charge is -2.21. The number of oxazole rings is 1. The molecule has 7 heteroatoms. The molecule has 0 spiro atoms. The van der Waals surface area contributed by atoms with Crippen LogP contribution in [0.15, 0.2) is 34.9 Å². The molecule has 0 unspecified atom stereocenters. The molecule has 1 aromatic carbocycles. The maximum Gasteiger partial charge on any atom is 0.322 e. The molecule has 0 saturated carbocycles. The van der Waals surface area contributed by atoms with Gasteiger partial charge in [-0.1, -0.05) is 32.0 Å². The number of para-hydroxylation sites is 1. The smallest absolute Gasteiger partial charge is 0.322 e. The number of urea groups is 1. The fourth-order valence-corrected chi connectivity index (χ4v) is 2.41. The topological polar surface area (TPSA) is 87.5 Å². The summed E-state index contributed by atoms with van der Waals surface area (Å²) in [4.78, 5) is 30.3. The van der Waals surface area contributed by atoms with Crippen molar-refractivity contribution in [1.82, 2.24) is 15.2 Å². The van der Waals surface area contributed by atoms with Crippen molar-refractivity contribution in [3.63, 3.8) is 0 Å². The van der Waals surface area contributed by atoms with Crippen LogP contribution in [0.2, 0.25) is 0 Å². The number of hydrogen-bond acceptors (Lipinski definition) is 4. The van der Waals surface area contributed by atoms with E-state index in [2.05, 4.69) is 15.6 Å². The summed E-state index contributed by atoms with van der Waals surface area (Å²) in [6.45, 7) is 7.25. The highest BCUT2D eigenvalue weighted by atomic mass is 16.3. The molecular weight excluding hydrogens is 332 g/mol. The fraction of sp³-hybridized carbons (Fsp3) is 0.421. The number of nitrogens with zero attached hydrogens (tertiary/aromatic N) is 2. The van der Waals surface area contributed by atoms with Gasteiger partial charge in [0.2, 0.25) is 5.89 Å². The van der Waals surface area contributed by atoms with Gasteiger partial charge < -0.3 is 20.0 Å². The molecule has 0 fully saturated rings. The van der Waals surface area contributed by atoms with Crippen LogP contribution < -0.4 is 10.6 Å².